The van der Waals surface area contributed by atoms with Gasteiger partial charge in [-0.05, 0) is 19.0 Å². The molecule has 23 heavy (non-hydrogen) atoms. The normalized spacial score (nSPS) is 18.9. The van der Waals surface area contributed by atoms with Crippen molar-refractivity contribution in [2.75, 3.05) is 45.5 Å². The van der Waals surface area contributed by atoms with Gasteiger partial charge in [0, 0.05) is 38.8 Å². The number of rotatable bonds is 8. The third kappa shape index (κ3) is 5.88. The van der Waals surface area contributed by atoms with Crippen LogP contribution in [0.25, 0.3) is 0 Å². The first-order valence-electron chi connectivity index (χ1n) is 8.46. The molecule has 0 aliphatic carbocycles. The fourth-order valence-electron chi connectivity index (χ4n) is 2.88. The van der Waals surface area contributed by atoms with Gasteiger partial charge in [-0.2, -0.15) is 0 Å². The Labute approximate surface area is 140 Å². The summed E-state index contributed by atoms with van der Waals surface area (Å²) in [6.07, 6.45) is 1.60. The van der Waals surface area contributed by atoms with Crippen LogP contribution < -0.4 is 4.72 Å². The number of nitrogens with one attached hydrogen (secondary N) is 1. The average Bonchev–Trinajstić information content (AvgIpc) is 2.56. The van der Waals surface area contributed by atoms with Crippen LogP contribution in [0.2, 0.25) is 0 Å². The lowest BCUT2D eigenvalue weighted by Gasteiger charge is -2.38. The van der Waals surface area contributed by atoms with E-state index in [1.54, 1.807) is 0 Å². The van der Waals surface area contributed by atoms with Crippen molar-refractivity contribution >= 4 is 10.0 Å². The lowest BCUT2D eigenvalue weighted by Crippen LogP contribution is -2.48. The largest absolute Gasteiger partial charge is 0.304 e. The van der Waals surface area contributed by atoms with E-state index in [0.717, 1.165) is 32.6 Å². The third-order valence-electron chi connectivity index (χ3n) is 4.43. The Morgan fingerprint density at radius 1 is 1.13 bits per heavy atom. The van der Waals surface area contributed by atoms with E-state index in [9.17, 15) is 8.42 Å². The van der Waals surface area contributed by atoms with E-state index in [1.807, 2.05) is 25.1 Å². The topological polar surface area (TPSA) is 52.7 Å². The van der Waals surface area contributed by atoms with E-state index in [0.29, 0.717) is 13.0 Å². The molecule has 0 amide bonds. The zero-order valence-electron chi connectivity index (χ0n) is 14.2. The average molecular weight is 340 g/mol. The van der Waals surface area contributed by atoms with Crippen LogP contribution in [0, 0.1) is 0 Å². The molecule has 1 aromatic rings. The summed E-state index contributed by atoms with van der Waals surface area (Å²) in [7, 11) is -1.06. The minimum atomic E-state index is -3.18. The van der Waals surface area contributed by atoms with Crippen molar-refractivity contribution in [1.82, 2.24) is 14.5 Å². The standard InChI is InChI=1S/C17H29N3O2S/c1-3-4-14-23(21,22)18-15-17(16-8-6-5-7-9-16)20-12-10-19(2)11-13-20/h5-9,17-18H,3-4,10-15H2,1-2H3. The molecule has 2 rings (SSSR count). The molecule has 130 valence electrons. The van der Waals surface area contributed by atoms with Crippen molar-refractivity contribution in [3.05, 3.63) is 35.9 Å². The molecule has 1 aromatic carbocycles. The highest BCUT2D eigenvalue weighted by Crippen LogP contribution is 2.21. The van der Waals surface area contributed by atoms with Gasteiger partial charge in [0.2, 0.25) is 10.0 Å². The maximum atomic E-state index is 12.1. The van der Waals surface area contributed by atoms with Gasteiger partial charge in [0.1, 0.15) is 0 Å². The van der Waals surface area contributed by atoms with Gasteiger partial charge in [-0.3, -0.25) is 4.90 Å². The summed E-state index contributed by atoms with van der Waals surface area (Å²) in [5.41, 5.74) is 1.18. The number of likely N-dealkylation sites (N-methyl/N-ethyl adjacent to an activating group) is 1. The van der Waals surface area contributed by atoms with Crippen molar-refractivity contribution in [2.45, 2.75) is 25.8 Å². The summed E-state index contributed by atoms with van der Waals surface area (Å²) in [6.45, 7) is 6.42. The van der Waals surface area contributed by atoms with Gasteiger partial charge in [-0.25, -0.2) is 13.1 Å². The zero-order valence-corrected chi connectivity index (χ0v) is 15.1. The van der Waals surface area contributed by atoms with Gasteiger partial charge >= 0.3 is 0 Å². The number of benzene rings is 1. The van der Waals surface area contributed by atoms with Crippen LogP contribution in [0.3, 0.4) is 0 Å². The van der Waals surface area contributed by atoms with Gasteiger partial charge in [-0.1, -0.05) is 43.7 Å². The molecule has 1 unspecified atom stereocenters. The molecule has 1 aliphatic heterocycles. The van der Waals surface area contributed by atoms with Gasteiger partial charge < -0.3 is 4.90 Å². The van der Waals surface area contributed by atoms with E-state index in [2.05, 4.69) is 33.7 Å². The molecule has 0 spiro atoms. The predicted octanol–water partition coefficient (Wildman–Crippen LogP) is 1.69. The lowest BCUT2D eigenvalue weighted by atomic mass is 10.0. The van der Waals surface area contributed by atoms with Crippen LogP contribution in [0.4, 0.5) is 0 Å². The molecular formula is C17H29N3O2S. The second kappa shape index (κ2) is 8.78. The highest BCUT2D eigenvalue weighted by atomic mass is 32.2. The molecule has 6 heteroatoms. The molecule has 1 fully saturated rings. The van der Waals surface area contributed by atoms with Crippen LogP contribution in [0.1, 0.15) is 31.4 Å². The maximum absolute atomic E-state index is 12.1. The molecule has 0 bridgehead atoms. The minimum Gasteiger partial charge on any atom is -0.304 e. The van der Waals surface area contributed by atoms with Crippen LogP contribution >= 0.6 is 0 Å². The number of sulfonamides is 1. The van der Waals surface area contributed by atoms with Gasteiger partial charge in [0.05, 0.1) is 5.75 Å². The van der Waals surface area contributed by atoms with Crippen LogP contribution in [0.15, 0.2) is 30.3 Å². The van der Waals surface area contributed by atoms with E-state index in [-0.39, 0.29) is 11.8 Å². The van der Waals surface area contributed by atoms with Gasteiger partial charge in [0.25, 0.3) is 0 Å². The second-order valence-electron chi connectivity index (χ2n) is 6.29. The fourth-order valence-corrected chi connectivity index (χ4v) is 4.10. The van der Waals surface area contributed by atoms with Crippen molar-refractivity contribution in [2.24, 2.45) is 0 Å². The first-order chi connectivity index (χ1) is 11.0. The SMILES string of the molecule is CCCCS(=O)(=O)NCC(c1ccccc1)N1CCN(C)CC1. The van der Waals surface area contributed by atoms with Crippen molar-refractivity contribution in [3.8, 4) is 0 Å². The molecule has 0 aromatic heterocycles. The van der Waals surface area contributed by atoms with Crippen molar-refractivity contribution in [3.63, 3.8) is 0 Å². The summed E-state index contributed by atoms with van der Waals surface area (Å²) in [5.74, 6) is 0.216. The number of hydrogen-bond acceptors (Lipinski definition) is 4. The van der Waals surface area contributed by atoms with E-state index < -0.39 is 10.0 Å². The molecule has 5 nitrogen and oxygen atoms in total. The molecular weight excluding hydrogens is 310 g/mol. The zero-order chi connectivity index (χ0) is 16.7. The van der Waals surface area contributed by atoms with Crippen molar-refractivity contribution in [1.29, 1.82) is 0 Å². The van der Waals surface area contributed by atoms with Crippen LogP contribution in [0.5, 0.6) is 0 Å². The Balaban J connectivity index is 2.05. The fraction of sp³-hybridized carbons (Fsp3) is 0.647. The smallest absolute Gasteiger partial charge is 0.211 e. The minimum absolute atomic E-state index is 0.0984. The Morgan fingerprint density at radius 2 is 1.78 bits per heavy atom. The summed E-state index contributed by atoms with van der Waals surface area (Å²) in [4.78, 5) is 4.70. The first kappa shape index (κ1) is 18.4. The highest BCUT2D eigenvalue weighted by molar-refractivity contribution is 7.89. The van der Waals surface area contributed by atoms with Crippen LogP contribution in [-0.4, -0.2) is 63.7 Å². The van der Waals surface area contributed by atoms with Gasteiger partial charge in [0.15, 0.2) is 0 Å². The molecule has 1 atom stereocenters. The number of nitrogens with zero attached hydrogens (tertiary/aromatic N) is 2. The molecule has 1 saturated heterocycles. The molecule has 1 heterocycles. The number of hydrogen-bond donors (Lipinski definition) is 1. The maximum Gasteiger partial charge on any atom is 0.211 e. The summed E-state index contributed by atoms with van der Waals surface area (Å²) in [5, 5.41) is 0. The van der Waals surface area contributed by atoms with Crippen LogP contribution in [-0.2, 0) is 10.0 Å². The molecule has 0 saturated carbocycles. The van der Waals surface area contributed by atoms with Crippen molar-refractivity contribution < 1.29 is 8.42 Å². The predicted molar refractivity (Wildman–Crippen MR) is 95.0 cm³/mol. The van der Waals surface area contributed by atoms with E-state index in [4.69, 9.17) is 0 Å². The highest BCUT2D eigenvalue weighted by Gasteiger charge is 2.25. The monoisotopic (exact) mass is 339 g/mol. The summed E-state index contributed by atoms with van der Waals surface area (Å²) in [6, 6.07) is 10.3. The Kier molecular flexibility index (Phi) is 7.02. The Morgan fingerprint density at radius 3 is 2.39 bits per heavy atom. The van der Waals surface area contributed by atoms with Gasteiger partial charge in [-0.15, -0.1) is 0 Å². The quantitative estimate of drug-likeness (QED) is 0.783. The Bertz CT molecular complexity index is 554. The second-order valence-corrected chi connectivity index (χ2v) is 8.21. The lowest BCUT2D eigenvalue weighted by molar-refractivity contribution is 0.113. The molecule has 1 aliphatic rings. The first-order valence-corrected chi connectivity index (χ1v) is 10.1. The molecule has 1 N–H and O–H groups in total. The number of piperazine rings is 1. The Hall–Kier alpha value is -0.950. The van der Waals surface area contributed by atoms with E-state index in [1.165, 1.54) is 5.56 Å². The molecule has 0 radical (unpaired) electrons. The van der Waals surface area contributed by atoms with E-state index >= 15 is 0 Å². The summed E-state index contributed by atoms with van der Waals surface area (Å²) < 4.78 is 27.1. The summed E-state index contributed by atoms with van der Waals surface area (Å²) >= 11 is 0. The number of unbranched alkanes of at least 4 members (excludes halogenated alkanes) is 1. The third-order valence-corrected chi connectivity index (χ3v) is 5.86.